The first kappa shape index (κ1) is 18.1. The van der Waals surface area contributed by atoms with E-state index in [1.165, 1.54) is 38.5 Å². The summed E-state index contributed by atoms with van der Waals surface area (Å²) in [5.74, 6) is 4.25. The summed E-state index contributed by atoms with van der Waals surface area (Å²) in [4.78, 5) is 15.7. The molecule has 1 aliphatic heterocycles. The van der Waals surface area contributed by atoms with Crippen LogP contribution in [0.4, 0.5) is 0 Å². The lowest BCUT2D eigenvalue weighted by Gasteiger charge is -2.31. The highest BCUT2D eigenvalue weighted by Crippen LogP contribution is 2.44. The molecule has 1 amide bonds. The van der Waals surface area contributed by atoms with Gasteiger partial charge in [0.15, 0.2) is 11.5 Å². The van der Waals surface area contributed by atoms with E-state index in [0.717, 1.165) is 42.4 Å². The van der Waals surface area contributed by atoms with Crippen molar-refractivity contribution in [3.63, 3.8) is 0 Å². The monoisotopic (exact) mass is 381 g/mol. The highest BCUT2D eigenvalue weighted by atomic mass is 16.7. The van der Waals surface area contributed by atoms with E-state index in [1.54, 1.807) is 0 Å². The number of hydrogen-bond donors (Lipinski definition) is 0. The SMILES string of the molecule is O=C(C1CCCCCC1)N(Cc1ccc2c(c1)OCO2)C[C@@H]1C[C@@H]2C=C[C@H]1C2. The van der Waals surface area contributed by atoms with Crippen molar-refractivity contribution in [1.29, 1.82) is 0 Å². The molecule has 0 spiro atoms. The lowest BCUT2D eigenvalue weighted by Crippen LogP contribution is -2.39. The fourth-order valence-electron chi connectivity index (χ4n) is 5.66. The standard InChI is InChI=1S/C24H31NO3/c26-24(19-5-3-1-2-4-6-19)25(15-21-12-17-7-9-20(21)11-17)14-18-8-10-22-23(13-18)28-16-27-22/h7-10,13,17,19-21H,1-6,11-12,14-16H2/t17-,20+,21+/m1/s1. The van der Waals surface area contributed by atoms with Crippen molar-refractivity contribution in [2.24, 2.45) is 23.7 Å². The largest absolute Gasteiger partial charge is 0.454 e. The fourth-order valence-corrected chi connectivity index (χ4v) is 5.66. The van der Waals surface area contributed by atoms with Gasteiger partial charge in [-0.1, -0.05) is 43.9 Å². The summed E-state index contributed by atoms with van der Waals surface area (Å²) in [5, 5.41) is 0. The van der Waals surface area contributed by atoms with Crippen LogP contribution in [0.15, 0.2) is 30.4 Å². The van der Waals surface area contributed by atoms with Gasteiger partial charge >= 0.3 is 0 Å². The molecule has 0 N–H and O–H groups in total. The molecule has 1 aromatic carbocycles. The van der Waals surface area contributed by atoms with Crippen molar-refractivity contribution in [3.8, 4) is 11.5 Å². The summed E-state index contributed by atoms with van der Waals surface area (Å²) >= 11 is 0. The topological polar surface area (TPSA) is 38.8 Å². The van der Waals surface area contributed by atoms with Crippen LogP contribution in [0.2, 0.25) is 0 Å². The van der Waals surface area contributed by atoms with Gasteiger partial charge in [-0.15, -0.1) is 0 Å². The second kappa shape index (κ2) is 7.81. The van der Waals surface area contributed by atoms with E-state index in [-0.39, 0.29) is 5.92 Å². The van der Waals surface area contributed by atoms with Crippen LogP contribution in [-0.4, -0.2) is 24.1 Å². The molecule has 3 atom stereocenters. The molecular formula is C24H31NO3. The second-order valence-electron chi connectivity index (χ2n) is 9.14. The number of nitrogens with zero attached hydrogens (tertiary/aromatic N) is 1. The van der Waals surface area contributed by atoms with Crippen LogP contribution in [0, 0.1) is 23.7 Å². The lowest BCUT2D eigenvalue weighted by molar-refractivity contribution is -0.137. The molecule has 0 saturated heterocycles. The Morgan fingerprint density at radius 2 is 1.82 bits per heavy atom. The zero-order valence-corrected chi connectivity index (χ0v) is 16.6. The third-order valence-corrected chi connectivity index (χ3v) is 7.20. The van der Waals surface area contributed by atoms with Crippen LogP contribution in [0.1, 0.15) is 56.9 Å². The summed E-state index contributed by atoms with van der Waals surface area (Å²) in [5.41, 5.74) is 1.14. The molecule has 0 radical (unpaired) electrons. The third kappa shape index (κ3) is 3.66. The highest BCUT2D eigenvalue weighted by Gasteiger charge is 2.38. The minimum atomic E-state index is 0.214. The summed E-state index contributed by atoms with van der Waals surface area (Å²) in [6, 6.07) is 6.12. The molecule has 4 aliphatic rings. The number of ether oxygens (including phenoxy) is 2. The maximum absolute atomic E-state index is 13.5. The summed E-state index contributed by atoms with van der Waals surface area (Å²) < 4.78 is 11.0. The van der Waals surface area contributed by atoms with E-state index in [9.17, 15) is 4.79 Å². The Kier molecular flexibility index (Phi) is 5.04. The van der Waals surface area contributed by atoms with Crippen molar-refractivity contribution >= 4 is 5.91 Å². The average Bonchev–Trinajstić information content (AvgIpc) is 3.39. The van der Waals surface area contributed by atoms with Gasteiger partial charge in [0.1, 0.15) is 0 Å². The van der Waals surface area contributed by atoms with Gasteiger partial charge in [-0.05, 0) is 61.1 Å². The van der Waals surface area contributed by atoms with Gasteiger partial charge in [-0.3, -0.25) is 4.79 Å². The first-order valence-corrected chi connectivity index (χ1v) is 11.1. The summed E-state index contributed by atoms with van der Waals surface area (Å²) in [6.07, 6.45) is 14.4. The number of carbonyl (C=O) groups is 1. The number of benzene rings is 1. The molecule has 2 bridgehead atoms. The Balaban J connectivity index is 1.34. The maximum atomic E-state index is 13.5. The van der Waals surface area contributed by atoms with Crippen LogP contribution in [0.3, 0.4) is 0 Å². The Labute approximate surface area is 167 Å². The van der Waals surface area contributed by atoms with Gasteiger partial charge in [0.25, 0.3) is 0 Å². The van der Waals surface area contributed by atoms with Gasteiger partial charge in [0.2, 0.25) is 12.7 Å². The first-order chi connectivity index (χ1) is 13.8. The number of carbonyl (C=O) groups excluding carboxylic acids is 1. The molecule has 1 heterocycles. The summed E-state index contributed by atoms with van der Waals surface area (Å²) in [7, 11) is 0. The number of rotatable bonds is 5. The maximum Gasteiger partial charge on any atom is 0.231 e. The van der Waals surface area contributed by atoms with Crippen molar-refractivity contribution < 1.29 is 14.3 Å². The van der Waals surface area contributed by atoms with Gasteiger partial charge in [0, 0.05) is 19.0 Å². The molecule has 3 aliphatic carbocycles. The molecule has 2 saturated carbocycles. The third-order valence-electron chi connectivity index (χ3n) is 7.20. The smallest absolute Gasteiger partial charge is 0.231 e. The molecule has 4 nitrogen and oxygen atoms in total. The van der Waals surface area contributed by atoms with Crippen LogP contribution in [0.5, 0.6) is 11.5 Å². The minimum Gasteiger partial charge on any atom is -0.454 e. The molecule has 4 heteroatoms. The molecule has 5 rings (SSSR count). The zero-order chi connectivity index (χ0) is 18.9. The van der Waals surface area contributed by atoms with Crippen molar-refractivity contribution in [1.82, 2.24) is 4.90 Å². The van der Waals surface area contributed by atoms with Gasteiger partial charge in [0.05, 0.1) is 0 Å². The Bertz CT molecular complexity index is 750. The molecular weight excluding hydrogens is 350 g/mol. The Morgan fingerprint density at radius 1 is 1.00 bits per heavy atom. The quantitative estimate of drug-likeness (QED) is 0.536. The van der Waals surface area contributed by atoms with E-state index >= 15 is 0 Å². The highest BCUT2D eigenvalue weighted by molar-refractivity contribution is 5.79. The fraction of sp³-hybridized carbons (Fsp3) is 0.625. The molecule has 0 unspecified atom stereocenters. The average molecular weight is 382 g/mol. The van der Waals surface area contributed by atoms with Gasteiger partial charge in [-0.2, -0.15) is 0 Å². The predicted molar refractivity (Wildman–Crippen MR) is 108 cm³/mol. The van der Waals surface area contributed by atoms with Gasteiger partial charge in [-0.25, -0.2) is 0 Å². The molecule has 1 aromatic rings. The van der Waals surface area contributed by atoms with Gasteiger partial charge < -0.3 is 14.4 Å². The van der Waals surface area contributed by atoms with E-state index in [1.807, 2.05) is 6.07 Å². The van der Waals surface area contributed by atoms with Crippen molar-refractivity contribution in [2.45, 2.75) is 57.9 Å². The van der Waals surface area contributed by atoms with Crippen molar-refractivity contribution in [2.75, 3.05) is 13.3 Å². The molecule has 2 fully saturated rings. The molecule has 150 valence electrons. The van der Waals surface area contributed by atoms with Crippen LogP contribution >= 0.6 is 0 Å². The first-order valence-electron chi connectivity index (χ1n) is 11.1. The number of hydrogen-bond acceptors (Lipinski definition) is 3. The van der Waals surface area contributed by atoms with E-state index in [4.69, 9.17) is 9.47 Å². The molecule has 28 heavy (non-hydrogen) atoms. The summed E-state index contributed by atoms with van der Waals surface area (Å²) in [6.45, 7) is 1.87. The second-order valence-corrected chi connectivity index (χ2v) is 9.14. The number of allylic oxidation sites excluding steroid dienone is 2. The van der Waals surface area contributed by atoms with Crippen molar-refractivity contribution in [3.05, 3.63) is 35.9 Å². The number of fused-ring (bicyclic) bond motifs is 3. The number of amides is 1. The minimum absolute atomic E-state index is 0.214. The van der Waals surface area contributed by atoms with E-state index in [0.29, 0.717) is 31.1 Å². The Hall–Kier alpha value is -1.97. The van der Waals surface area contributed by atoms with Crippen LogP contribution in [-0.2, 0) is 11.3 Å². The normalized spacial score (nSPS) is 28.5. The predicted octanol–water partition coefficient (Wildman–Crippen LogP) is 4.93. The molecule has 0 aromatic heterocycles. The van der Waals surface area contributed by atoms with Crippen LogP contribution in [0.25, 0.3) is 0 Å². The van der Waals surface area contributed by atoms with E-state index < -0.39 is 0 Å². The van der Waals surface area contributed by atoms with Crippen LogP contribution < -0.4 is 9.47 Å². The Morgan fingerprint density at radius 3 is 2.57 bits per heavy atom. The lowest BCUT2D eigenvalue weighted by atomic mass is 9.91. The van der Waals surface area contributed by atoms with E-state index in [2.05, 4.69) is 29.2 Å². The zero-order valence-electron chi connectivity index (χ0n) is 16.6.